The molecule has 4 nitrogen and oxygen atoms in total. The van der Waals surface area contributed by atoms with Crippen LogP contribution in [0.1, 0.15) is 32.8 Å². The van der Waals surface area contributed by atoms with E-state index in [4.69, 9.17) is 11.6 Å². The average molecular weight is 334 g/mol. The van der Waals surface area contributed by atoms with Crippen LogP contribution in [0.5, 0.6) is 0 Å². The topological polar surface area (TPSA) is 66.4 Å². The van der Waals surface area contributed by atoms with Crippen molar-refractivity contribution in [2.75, 3.05) is 12.4 Å². The van der Waals surface area contributed by atoms with Crippen molar-refractivity contribution in [1.82, 2.24) is 4.72 Å². The fraction of sp³-hybridized carbons (Fsp3) is 0.600. The van der Waals surface area contributed by atoms with Crippen LogP contribution >= 0.6 is 11.6 Å². The highest BCUT2D eigenvalue weighted by Gasteiger charge is 2.25. The van der Waals surface area contributed by atoms with Crippen LogP contribution in [0, 0.1) is 5.92 Å². The van der Waals surface area contributed by atoms with Crippen LogP contribution in [0.25, 0.3) is 0 Å². The second-order valence-corrected chi connectivity index (χ2v) is 8.15. The lowest BCUT2D eigenvalue weighted by Crippen LogP contribution is -2.41. The van der Waals surface area contributed by atoms with E-state index in [2.05, 4.69) is 4.72 Å². The third kappa shape index (κ3) is 6.34. The number of aryl methyl sites for hydroxylation is 1. The molecule has 21 heavy (non-hydrogen) atoms. The summed E-state index contributed by atoms with van der Waals surface area (Å²) < 4.78 is 26.8. The Morgan fingerprint density at radius 3 is 2.33 bits per heavy atom. The second kappa shape index (κ2) is 7.58. The lowest BCUT2D eigenvalue weighted by atomic mass is 9.95. The van der Waals surface area contributed by atoms with Crippen molar-refractivity contribution < 1.29 is 13.5 Å². The lowest BCUT2D eigenvalue weighted by molar-refractivity contribution is 0.0437. The summed E-state index contributed by atoms with van der Waals surface area (Å²) in [6, 6.07) is 6.62. The fourth-order valence-corrected chi connectivity index (χ4v) is 3.61. The third-order valence-corrected chi connectivity index (χ3v) is 4.71. The Hall–Kier alpha value is -0.620. The van der Waals surface area contributed by atoms with Gasteiger partial charge in [-0.25, -0.2) is 13.1 Å². The first kappa shape index (κ1) is 18.4. The number of alkyl halides is 1. The van der Waals surface area contributed by atoms with Gasteiger partial charge in [-0.05, 0) is 43.4 Å². The maximum Gasteiger partial charge on any atom is 0.240 e. The first-order valence-corrected chi connectivity index (χ1v) is 9.05. The first-order chi connectivity index (χ1) is 9.66. The van der Waals surface area contributed by atoms with E-state index in [0.717, 1.165) is 5.56 Å². The first-order valence-electron chi connectivity index (χ1n) is 7.03. The summed E-state index contributed by atoms with van der Waals surface area (Å²) in [5.41, 5.74) is -0.0597. The molecule has 0 amide bonds. The van der Waals surface area contributed by atoms with Crippen molar-refractivity contribution in [2.24, 2.45) is 5.92 Å². The molecule has 0 aliphatic heterocycles. The maximum absolute atomic E-state index is 12.2. The zero-order valence-corrected chi connectivity index (χ0v) is 14.3. The van der Waals surface area contributed by atoms with Crippen LogP contribution in [0.2, 0.25) is 0 Å². The molecule has 1 aromatic rings. The molecule has 0 radical (unpaired) electrons. The highest BCUT2D eigenvalue weighted by molar-refractivity contribution is 7.89. The summed E-state index contributed by atoms with van der Waals surface area (Å²) in [5, 5.41) is 10.2. The van der Waals surface area contributed by atoms with E-state index in [1.165, 1.54) is 0 Å². The number of benzene rings is 1. The summed E-state index contributed by atoms with van der Waals surface area (Å²) in [5.74, 6) is 0.793. The molecule has 1 atom stereocenters. The highest BCUT2D eigenvalue weighted by atomic mass is 35.5. The molecule has 6 heteroatoms. The van der Waals surface area contributed by atoms with Gasteiger partial charge < -0.3 is 5.11 Å². The second-order valence-electron chi connectivity index (χ2n) is 6.00. The molecular weight excluding hydrogens is 310 g/mol. The Morgan fingerprint density at radius 1 is 1.29 bits per heavy atom. The summed E-state index contributed by atoms with van der Waals surface area (Å²) in [4.78, 5) is 0.196. The molecule has 0 spiro atoms. The van der Waals surface area contributed by atoms with Gasteiger partial charge >= 0.3 is 0 Å². The Labute approximate surface area is 132 Å². The average Bonchev–Trinajstić information content (AvgIpc) is 2.36. The maximum atomic E-state index is 12.2. The molecule has 0 fully saturated rings. The van der Waals surface area contributed by atoms with E-state index in [0.29, 0.717) is 24.6 Å². The molecule has 1 unspecified atom stereocenters. The molecule has 0 aliphatic rings. The van der Waals surface area contributed by atoms with E-state index >= 15 is 0 Å². The van der Waals surface area contributed by atoms with E-state index in [-0.39, 0.29) is 11.4 Å². The normalized spacial score (nSPS) is 15.1. The van der Waals surface area contributed by atoms with Crippen molar-refractivity contribution in [3.63, 3.8) is 0 Å². The summed E-state index contributed by atoms with van der Waals surface area (Å²) >= 11 is 5.65. The molecule has 0 saturated carbocycles. The van der Waals surface area contributed by atoms with Crippen LogP contribution in [-0.4, -0.2) is 31.6 Å². The quantitative estimate of drug-likeness (QED) is 0.718. The highest BCUT2D eigenvalue weighted by Crippen LogP contribution is 2.17. The Balaban J connectivity index is 2.73. The molecule has 0 bridgehead atoms. The number of nitrogens with one attached hydrogen (secondary N) is 1. The van der Waals surface area contributed by atoms with E-state index in [1.807, 2.05) is 13.8 Å². The zero-order chi connectivity index (χ0) is 16.1. The van der Waals surface area contributed by atoms with Crippen LogP contribution in [0.4, 0.5) is 0 Å². The van der Waals surface area contributed by atoms with E-state index in [9.17, 15) is 13.5 Å². The minimum absolute atomic E-state index is 0.00303. The van der Waals surface area contributed by atoms with Gasteiger partial charge in [0.1, 0.15) is 0 Å². The van der Waals surface area contributed by atoms with Gasteiger partial charge in [-0.15, -0.1) is 11.6 Å². The van der Waals surface area contributed by atoms with Crippen LogP contribution in [0.15, 0.2) is 29.2 Å². The van der Waals surface area contributed by atoms with Gasteiger partial charge in [0.05, 0.1) is 10.5 Å². The molecule has 0 aromatic heterocycles. The number of hydrogen-bond donors (Lipinski definition) is 2. The number of rotatable bonds is 8. The Morgan fingerprint density at radius 2 is 1.86 bits per heavy atom. The zero-order valence-electron chi connectivity index (χ0n) is 12.8. The molecule has 0 aliphatic carbocycles. The van der Waals surface area contributed by atoms with Crippen molar-refractivity contribution >= 4 is 21.6 Å². The van der Waals surface area contributed by atoms with Gasteiger partial charge in [0.2, 0.25) is 10.0 Å². The smallest absolute Gasteiger partial charge is 0.240 e. The summed E-state index contributed by atoms with van der Waals surface area (Å²) in [6.45, 7) is 5.60. The summed E-state index contributed by atoms with van der Waals surface area (Å²) in [6.07, 6.45) is 1.24. The predicted molar refractivity (Wildman–Crippen MR) is 86.1 cm³/mol. The molecule has 2 N–H and O–H groups in total. The van der Waals surface area contributed by atoms with Crippen molar-refractivity contribution in [3.05, 3.63) is 29.8 Å². The minimum atomic E-state index is -3.60. The number of aliphatic hydroxyl groups is 1. The molecule has 120 valence electrons. The molecule has 0 saturated heterocycles. The standard InChI is InChI=1S/C15H24ClNO3S/c1-12(2)10-15(3,18)11-17-21(19,20)14-6-4-13(5-7-14)8-9-16/h4-7,12,17-18H,8-11H2,1-3H3. The number of sulfonamides is 1. The van der Waals surface area contributed by atoms with Gasteiger partial charge in [0, 0.05) is 12.4 Å². The van der Waals surface area contributed by atoms with Crippen molar-refractivity contribution in [3.8, 4) is 0 Å². The lowest BCUT2D eigenvalue weighted by Gasteiger charge is -2.25. The van der Waals surface area contributed by atoms with Gasteiger partial charge in [-0.1, -0.05) is 26.0 Å². The summed E-state index contributed by atoms with van der Waals surface area (Å²) in [7, 11) is -3.60. The largest absolute Gasteiger partial charge is 0.389 e. The van der Waals surface area contributed by atoms with E-state index < -0.39 is 15.6 Å². The van der Waals surface area contributed by atoms with Crippen LogP contribution in [-0.2, 0) is 16.4 Å². The Kier molecular flexibility index (Phi) is 6.66. The van der Waals surface area contributed by atoms with Gasteiger partial charge in [-0.2, -0.15) is 0 Å². The van der Waals surface area contributed by atoms with Gasteiger partial charge in [0.25, 0.3) is 0 Å². The number of hydrogen-bond acceptors (Lipinski definition) is 3. The third-order valence-electron chi connectivity index (χ3n) is 3.11. The van der Waals surface area contributed by atoms with Gasteiger partial charge in [-0.3, -0.25) is 0 Å². The fourth-order valence-electron chi connectivity index (χ4n) is 2.23. The van der Waals surface area contributed by atoms with Crippen molar-refractivity contribution in [1.29, 1.82) is 0 Å². The van der Waals surface area contributed by atoms with Crippen LogP contribution < -0.4 is 4.72 Å². The van der Waals surface area contributed by atoms with Crippen LogP contribution in [0.3, 0.4) is 0 Å². The number of halogens is 1. The Bertz CT molecular complexity index is 539. The molecule has 1 rings (SSSR count). The minimum Gasteiger partial charge on any atom is -0.389 e. The predicted octanol–water partition coefficient (Wildman–Crippen LogP) is 2.54. The molecular formula is C15H24ClNO3S. The van der Waals surface area contributed by atoms with Gasteiger partial charge in [0.15, 0.2) is 0 Å². The molecule has 1 aromatic carbocycles. The van der Waals surface area contributed by atoms with Crippen molar-refractivity contribution in [2.45, 2.75) is 44.1 Å². The monoisotopic (exact) mass is 333 g/mol. The van der Waals surface area contributed by atoms with E-state index in [1.54, 1.807) is 31.2 Å². The SMILES string of the molecule is CC(C)CC(C)(O)CNS(=O)(=O)c1ccc(CCCl)cc1. The molecule has 0 heterocycles.